The van der Waals surface area contributed by atoms with E-state index in [4.69, 9.17) is 4.52 Å². The van der Waals surface area contributed by atoms with E-state index < -0.39 is 0 Å². The minimum Gasteiger partial charge on any atom is -0.361 e. The van der Waals surface area contributed by atoms with Crippen molar-refractivity contribution < 1.29 is 9.32 Å². The molecule has 6 nitrogen and oxygen atoms in total. The molecule has 0 spiro atoms. The zero-order valence-electron chi connectivity index (χ0n) is 16.4. The molecule has 1 amide bonds. The number of nitrogens with zero attached hydrogens (tertiary/aromatic N) is 3. The lowest BCUT2D eigenvalue weighted by atomic mass is 10.0. The van der Waals surface area contributed by atoms with Crippen LogP contribution in [0.15, 0.2) is 9.90 Å². The summed E-state index contributed by atoms with van der Waals surface area (Å²) in [6, 6.07) is 0. The number of carbonyl (C=O) groups is 1. The Kier molecular flexibility index (Phi) is 5.34. The van der Waals surface area contributed by atoms with Gasteiger partial charge in [0.05, 0.1) is 11.3 Å². The number of thiophene rings is 1. The minimum absolute atomic E-state index is 0.0984. The van der Waals surface area contributed by atoms with Gasteiger partial charge in [0.1, 0.15) is 5.76 Å². The van der Waals surface area contributed by atoms with Crippen LogP contribution in [0.4, 0.5) is 0 Å². The summed E-state index contributed by atoms with van der Waals surface area (Å²) >= 11 is 1.71. The van der Waals surface area contributed by atoms with Gasteiger partial charge in [0, 0.05) is 48.5 Å². The summed E-state index contributed by atoms with van der Waals surface area (Å²) in [4.78, 5) is 18.8. The number of amides is 1. The first-order valence-electron chi connectivity index (χ1n) is 9.71. The summed E-state index contributed by atoms with van der Waals surface area (Å²) in [5.74, 6) is 1.59. The summed E-state index contributed by atoms with van der Waals surface area (Å²) in [6.07, 6.45) is 2.10. The first-order chi connectivity index (χ1) is 13.0. The van der Waals surface area contributed by atoms with Crippen molar-refractivity contribution in [3.63, 3.8) is 0 Å². The van der Waals surface area contributed by atoms with E-state index in [1.165, 1.54) is 22.4 Å². The second kappa shape index (κ2) is 7.73. The monoisotopic (exact) mass is 388 g/mol. The molecule has 27 heavy (non-hydrogen) atoms. The van der Waals surface area contributed by atoms with E-state index in [0.29, 0.717) is 5.92 Å². The van der Waals surface area contributed by atoms with Crippen molar-refractivity contribution in [2.24, 2.45) is 5.92 Å². The molecule has 146 valence electrons. The zero-order valence-corrected chi connectivity index (χ0v) is 17.2. The number of fused-ring (bicyclic) bond motifs is 1. The highest BCUT2D eigenvalue weighted by Gasteiger charge is 2.26. The molecule has 4 rings (SSSR count). The maximum Gasteiger partial charge on any atom is 0.252 e. The molecule has 2 aromatic heterocycles. The summed E-state index contributed by atoms with van der Waals surface area (Å²) in [5, 5.41) is 9.26. The molecule has 7 heteroatoms. The molecule has 0 saturated carbocycles. The molecule has 2 aliphatic heterocycles. The van der Waals surface area contributed by atoms with Gasteiger partial charge < -0.3 is 14.7 Å². The SMILES string of the molecule is Cc1noc(C)c1CN1CCc2c(C(=O)NC[C@@H]3CCN(C)C3)csc2C1. The molecule has 1 N–H and O–H groups in total. The van der Waals surface area contributed by atoms with Crippen LogP contribution in [0.25, 0.3) is 0 Å². The number of nitrogens with one attached hydrogen (secondary N) is 1. The van der Waals surface area contributed by atoms with Crippen LogP contribution in [0.5, 0.6) is 0 Å². The fourth-order valence-corrected chi connectivity index (χ4v) is 5.30. The second-order valence-corrected chi connectivity index (χ2v) is 8.91. The Morgan fingerprint density at radius 1 is 1.41 bits per heavy atom. The third kappa shape index (κ3) is 3.95. The summed E-state index contributed by atoms with van der Waals surface area (Å²) in [7, 11) is 2.14. The van der Waals surface area contributed by atoms with Gasteiger partial charge in [-0.15, -0.1) is 11.3 Å². The summed E-state index contributed by atoms with van der Waals surface area (Å²) in [6.45, 7) is 9.68. The Bertz CT molecular complexity index is 809. The van der Waals surface area contributed by atoms with Crippen molar-refractivity contribution in [1.82, 2.24) is 20.3 Å². The Balaban J connectivity index is 1.37. The molecule has 1 saturated heterocycles. The third-order valence-corrected chi connectivity index (χ3v) is 6.89. The number of hydrogen-bond donors (Lipinski definition) is 1. The molecule has 2 aromatic rings. The second-order valence-electron chi connectivity index (χ2n) is 7.94. The highest BCUT2D eigenvalue weighted by atomic mass is 32.1. The number of carbonyl (C=O) groups excluding carboxylic acids is 1. The molecular formula is C20H28N4O2S. The predicted molar refractivity (Wildman–Crippen MR) is 106 cm³/mol. The van der Waals surface area contributed by atoms with Gasteiger partial charge >= 0.3 is 0 Å². The maximum atomic E-state index is 12.7. The first kappa shape index (κ1) is 18.7. The van der Waals surface area contributed by atoms with Gasteiger partial charge in [-0.2, -0.15) is 0 Å². The van der Waals surface area contributed by atoms with Crippen LogP contribution >= 0.6 is 11.3 Å². The van der Waals surface area contributed by atoms with Crippen molar-refractivity contribution in [3.05, 3.63) is 38.4 Å². The van der Waals surface area contributed by atoms with Gasteiger partial charge in [-0.3, -0.25) is 9.69 Å². The van der Waals surface area contributed by atoms with Gasteiger partial charge in [0.15, 0.2) is 0 Å². The van der Waals surface area contributed by atoms with Crippen LogP contribution in [0.1, 0.15) is 44.2 Å². The lowest BCUT2D eigenvalue weighted by Crippen LogP contribution is -2.33. The summed E-state index contributed by atoms with van der Waals surface area (Å²) in [5.41, 5.74) is 4.30. The fourth-order valence-electron chi connectivity index (χ4n) is 4.18. The normalized spacial score (nSPS) is 20.8. The van der Waals surface area contributed by atoms with E-state index in [1.807, 2.05) is 19.2 Å². The molecule has 0 aromatic carbocycles. The first-order valence-corrected chi connectivity index (χ1v) is 10.6. The van der Waals surface area contributed by atoms with Gasteiger partial charge in [-0.25, -0.2) is 0 Å². The Hall–Kier alpha value is -1.70. The third-order valence-electron chi connectivity index (χ3n) is 5.87. The Labute approximate surface area is 164 Å². The molecule has 0 bridgehead atoms. The number of likely N-dealkylation sites (tertiary alicyclic amines) is 1. The standard InChI is InChI=1S/C20H28N4O2S/c1-13-17(14(2)26-22-13)10-24-7-5-16-18(12-27-19(16)11-24)20(25)21-8-15-4-6-23(3)9-15/h12,15H,4-11H2,1-3H3,(H,21,25)/t15-/m0/s1. The zero-order chi connectivity index (χ0) is 19.0. The van der Waals surface area contributed by atoms with Crippen molar-refractivity contribution in [1.29, 1.82) is 0 Å². The lowest BCUT2D eigenvalue weighted by molar-refractivity contribution is 0.0946. The van der Waals surface area contributed by atoms with Gasteiger partial charge in [0.25, 0.3) is 5.91 Å². The number of rotatable bonds is 5. The fraction of sp³-hybridized carbons (Fsp3) is 0.600. The molecule has 0 unspecified atom stereocenters. The Morgan fingerprint density at radius 2 is 2.26 bits per heavy atom. The smallest absolute Gasteiger partial charge is 0.252 e. The average molecular weight is 389 g/mol. The van der Waals surface area contributed by atoms with Crippen LogP contribution in [0.3, 0.4) is 0 Å². The molecule has 0 radical (unpaired) electrons. The topological polar surface area (TPSA) is 61.6 Å². The minimum atomic E-state index is 0.0984. The number of aromatic nitrogens is 1. The highest BCUT2D eigenvalue weighted by molar-refractivity contribution is 7.10. The van der Waals surface area contributed by atoms with Gasteiger partial charge in [-0.05, 0) is 51.8 Å². The molecule has 1 fully saturated rings. The lowest BCUT2D eigenvalue weighted by Gasteiger charge is -2.27. The molecule has 2 aliphatic rings. The largest absolute Gasteiger partial charge is 0.361 e. The van der Waals surface area contributed by atoms with Crippen LogP contribution in [-0.2, 0) is 19.5 Å². The van der Waals surface area contributed by atoms with E-state index in [2.05, 4.69) is 27.3 Å². The van der Waals surface area contributed by atoms with Crippen LogP contribution in [0.2, 0.25) is 0 Å². The van der Waals surface area contributed by atoms with E-state index in [0.717, 1.165) is 62.7 Å². The van der Waals surface area contributed by atoms with Gasteiger partial charge in [0.2, 0.25) is 0 Å². The molecule has 1 atom stereocenters. The van der Waals surface area contributed by atoms with E-state index in [-0.39, 0.29) is 5.91 Å². The van der Waals surface area contributed by atoms with Crippen LogP contribution in [0, 0.1) is 19.8 Å². The van der Waals surface area contributed by atoms with Crippen LogP contribution < -0.4 is 5.32 Å². The van der Waals surface area contributed by atoms with Crippen molar-refractivity contribution in [2.45, 2.75) is 39.8 Å². The molecule has 4 heterocycles. The molecule has 0 aliphatic carbocycles. The van der Waals surface area contributed by atoms with Crippen molar-refractivity contribution >= 4 is 17.2 Å². The van der Waals surface area contributed by atoms with Crippen molar-refractivity contribution in [3.8, 4) is 0 Å². The maximum absolute atomic E-state index is 12.7. The van der Waals surface area contributed by atoms with Crippen LogP contribution in [-0.4, -0.2) is 54.1 Å². The van der Waals surface area contributed by atoms with E-state index in [9.17, 15) is 4.79 Å². The van der Waals surface area contributed by atoms with E-state index in [1.54, 1.807) is 11.3 Å². The number of aryl methyl sites for hydroxylation is 2. The summed E-state index contributed by atoms with van der Waals surface area (Å²) < 4.78 is 5.29. The quantitative estimate of drug-likeness (QED) is 0.853. The number of hydrogen-bond acceptors (Lipinski definition) is 6. The van der Waals surface area contributed by atoms with E-state index >= 15 is 0 Å². The van der Waals surface area contributed by atoms with Gasteiger partial charge in [-0.1, -0.05) is 5.16 Å². The Morgan fingerprint density at radius 3 is 2.96 bits per heavy atom. The highest BCUT2D eigenvalue weighted by Crippen LogP contribution is 2.30. The average Bonchev–Trinajstić information content (AvgIpc) is 3.34. The predicted octanol–water partition coefficient (Wildman–Crippen LogP) is 2.59. The molecular weight excluding hydrogens is 360 g/mol. The van der Waals surface area contributed by atoms with Crippen molar-refractivity contribution in [2.75, 3.05) is 33.2 Å².